The highest BCUT2D eigenvalue weighted by Crippen LogP contribution is 2.10. The minimum atomic E-state index is -4.00. The molecule has 0 radical (unpaired) electrons. The molecule has 0 unspecified atom stereocenters. The van der Waals surface area contributed by atoms with Crippen molar-refractivity contribution in [2.75, 3.05) is 47.9 Å². The SMILES string of the molecule is NCCCNc1nc(NCCCCCC(=O)O)nc(NCCCS(=O)(=O)O)n1. The Bertz CT molecular complexity index is 702. The quantitative estimate of drug-likeness (QED) is 0.160. The van der Waals surface area contributed by atoms with Crippen LogP contribution in [0.15, 0.2) is 0 Å². The van der Waals surface area contributed by atoms with Gasteiger partial charge >= 0.3 is 5.97 Å². The van der Waals surface area contributed by atoms with Crippen LogP contribution in [0.25, 0.3) is 0 Å². The molecule has 1 heterocycles. The lowest BCUT2D eigenvalue weighted by Crippen LogP contribution is -2.16. The number of carbonyl (C=O) groups is 1. The van der Waals surface area contributed by atoms with Gasteiger partial charge in [-0.25, -0.2) is 0 Å². The minimum absolute atomic E-state index is 0.151. The Hall–Kier alpha value is -2.25. The fourth-order valence-corrected chi connectivity index (χ4v) is 2.66. The summed E-state index contributed by atoms with van der Waals surface area (Å²) >= 11 is 0. The lowest BCUT2D eigenvalue weighted by molar-refractivity contribution is -0.137. The standard InChI is InChI=1S/C15H29N7O5S/c16-7-4-9-18-14-20-13(17-8-3-1-2-6-12(23)24)21-15(22-14)19-10-5-11-28(25,26)27/h1-11,16H2,(H,23,24)(H,25,26,27)(H3,17,18,19,20,21,22). The van der Waals surface area contributed by atoms with Gasteiger partial charge in [0.05, 0.1) is 5.75 Å². The zero-order valence-corrected chi connectivity index (χ0v) is 16.5. The van der Waals surface area contributed by atoms with E-state index < -0.39 is 16.1 Å². The number of anilines is 3. The summed E-state index contributed by atoms with van der Waals surface area (Å²) in [6, 6.07) is 0. The molecule has 0 spiro atoms. The maximum atomic E-state index is 10.8. The molecule has 0 fully saturated rings. The second-order valence-electron chi connectivity index (χ2n) is 6.07. The molecule has 160 valence electrons. The molecule has 0 aliphatic heterocycles. The molecule has 1 aromatic heterocycles. The van der Waals surface area contributed by atoms with Crippen LogP contribution in [-0.4, -0.2) is 70.9 Å². The molecule has 13 heteroatoms. The van der Waals surface area contributed by atoms with Crippen molar-refractivity contribution in [1.29, 1.82) is 0 Å². The second kappa shape index (κ2) is 13.0. The van der Waals surface area contributed by atoms with Gasteiger partial charge < -0.3 is 26.8 Å². The molecule has 0 aliphatic rings. The van der Waals surface area contributed by atoms with Crippen LogP contribution in [0.4, 0.5) is 17.8 Å². The van der Waals surface area contributed by atoms with Crippen LogP contribution in [0, 0.1) is 0 Å². The van der Waals surface area contributed by atoms with E-state index in [9.17, 15) is 13.2 Å². The Labute approximate surface area is 164 Å². The Morgan fingerprint density at radius 1 is 0.857 bits per heavy atom. The van der Waals surface area contributed by atoms with E-state index in [1.165, 1.54) is 0 Å². The van der Waals surface area contributed by atoms with Gasteiger partial charge in [-0.05, 0) is 32.2 Å². The molecule has 7 N–H and O–H groups in total. The number of nitrogens with zero attached hydrogens (tertiary/aromatic N) is 3. The van der Waals surface area contributed by atoms with E-state index in [1.54, 1.807) is 0 Å². The first kappa shape index (κ1) is 23.8. The average molecular weight is 420 g/mol. The molecule has 0 saturated heterocycles. The molecule has 0 amide bonds. The summed E-state index contributed by atoms with van der Waals surface area (Å²) < 4.78 is 30.3. The number of rotatable bonds is 16. The van der Waals surface area contributed by atoms with Gasteiger partial charge in [-0.3, -0.25) is 9.35 Å². The first-order valence-electron chi connectivity index (χ1n) is 9.15. The largest absolute Gasteiger partial charge is 0.481 e. The Morgan fingerprint density at radius 3 is 1.82 bits per heavy atom. The van der Waals surface area contributed by atoms with Gasteiger partial charge in [0.25, 0.3) is 10.1 Å². The van der Waals surface area contributed by atoms with Crippen molar-refractivity contribution in [2.45, 2.75) is 38.5 Å². The van der Waals surface area contributed by atoms with Gasteiger partial charge in [0.15, 0.2) is 0 Å². The lowest BCUT2D eigenvalue weighted by atomic mass is 10.2. The third-order valence-corrected chi connectivity index (χ3v) is 4.32. The van der Waals surface area contributed by atoms with E-state index in [4.69, 9.17) is 15.4 Å². The summed E-state index contributed by atoms with van der Waals surface area (Å²) in [5.74, 6) is -0.180. The molecule has 0 aliphatic carbocycles. The van der Waals surface area contributed by atoms with Crippen LogP contribution in [0.3, 0.4) is 0 Å². The topological polar surface area (TPSA) is 192 Å². The van der Waals surface area contributed by atoms with Crippen LogP contribution < -0.4 is 21.7 Å². The number of nitrogens with two attached hydrogens (primary N) is 1. The van der Waals surface area contributed by atoms with Gasteiger partial charge in [0, 0.05) is 26.1 Å². The molecule has 28 heavy (non-hydrogen) atoms. The number of hydrogen-bond donors (Lipinski definition) is 6. The summed E-state index contributed by atoms with van der Waals surface area (Å²) in [5, 5.41) is 17.6. The van der Waals surface area contributed by atoms with Gasteiger partial charge in [0.1, 0.15) is 0 Å². The number of unbranched alkanes of at least 4 members (excludes halogenated alkanes) is 2. The number of carboxylic acids is 1. The zero-order valence-electron chi connectivity index (χ0n) is 15.7. The van der Waals surface area contributed by atoms with Crippen molar-refractivity contribution in [3.05, 3.63) is 0 Å². The maximum absolute atomic E-state index is 10.8. The molecule has 0 aromatic carbocycles. The summed E-state index contributed by atoms with van der Waals surface area (Å²) in [6.07, 6.45) is 3.25. The Kier molecular flexibility index (Phi) is 11.1. The fourth-order valence-electron chi connectivity index (χ4n) is 2.15. The monoisotopic (exact) mass is 419 g/mol. The molecule has 0 saturated carbocycles. The van der Waals surface area contributed by atoms with Crippen molar-refractivity contribution < 1.29 is 22.9 Å². The first-order valence-corrected chi connectivity index (χ1v) is 10.8. The first-order chi connectivity index (χ1) is 13.3. The van der Waals surface area contributed by atoms with E-state index in [-0.39, 0.29) is 31.1 Å². The molecule has 1 aromatic rings. The van der Waals surface area contributed by atoms with Crippen LogP contribution >= 0.6 is 0 Å². The molecule has 1 rings (SSSR count). The second-order valence-corrected chi connectivity index (χ2v) is 7.64. The van der Waals surface area contributed by atoms with Gasteiger partial charge in [-0.15, -0.1) is 0 Å². The smallest absolute Gasteiger partial charge is 0.303 e. The summed E-state index contributed by atoms with van der Waals surface area (Å²) in [4.78, 5) is 23.2. The van der Waals surface area contributed by atoms with Crippen molar-refractivity contribution >= 4 is 33.9 Å². The molecule has 0 atom stereocenters. The normalized spacial score (nSPS) is 11.2. The molecular weight excluding hydrogens is 390 g/mol. The predicted octanol–water partition coefficient (Wildman–Crippen LogP) is 0.379. The zero-order chi connectivity index (χ0) is 20.8. The Morgan fingerprint density at radius 2 is 1.36 bits per heavy atom. The van der Waals surface area contributed by atoms with Crippen LogP contribution in [0.1, 0.15) is 38.5 Å². The van der Waals surface area contributed by atoms with E-state index in [0.717, 1.165) is 19.3 Å². The maximum Gasteiger partial charge on any atom is 0.303 e. The minimum Gasteiger partial charge on any atom is -0.481 e. The van der Waals surface area contributed by atoms with Crippen LogP contribution in [0.2, 0.25) is 0 Å². The molecule has 0 bridgehead atoms. The van der Waals surface area contributed by atoms with E-state index in [1.807, 2.05) is 0 Å². The number of hydrogen-bond acceptors (Lipinski definition) is 10. The molecule has 12 nitrogen and oxygen atoms in total. The van der Waals surface area contributed by atoms with Crippen LogP contribution in [0.5, 0.6) is 0 Å². The third-order valence-electron chi connectivity index (χ3n) is 3.51. The summed E-state index contributed by atoms with van der Waals surface area (Å²) in [7, 11) is -4.00. The summed E-state index contributed by atoms with van der Waals surface area (Å²) in [6.45, 7) is 1.96. The van der Waals surface area contributed by atoms with Crippen molar-refractivity contribution in [1.82, 2.24) is 15.0 Å². The van der Waals surface area contributed by atoms with Gasteiger partial charge in [-0.2, -0.15) is 23.4 Å². The van der Waals surface area contributed by atoms with E-state index in [0.29, 0.717) is 38.0 Å². The van der Waals surface area contributed by atoms with Crippen molar-refractivity contribution in [2.24, 2.45) is 5.73 Å². The molecular formula is C15H29N7O5S. The predicted molar refractivity (Wildman–Crippen MR) is 106 cm³/mol. The number of aromatic nitrogens is 3. The third kappa shape index (κ3) is 12.2. The summed E-state index contributed by atoms with van der Waals surface area (Å²) in [5.41, 5.74) is 5.47. The fraction of sp³-hybridized carbons (Fsp3) is 0.733. The van der Waals surface area contributed by atoms with Crippen LogP contribution in [-0.2, 0) is 14.9 Å². The number of aliphatic carboxylic acids is 1. The van der Waals surface area contributed by atoms with E-state index in [2.05, 4.69) is 30.9 Å². The van der Waals surface area contributed by atoms with Crippen molar-refractivity contribution in [3.8, 4) is 0 Å². The number of nitrogens with one attached hydrogen (secondary N) is 3. The van der Waals surface area contributed by atoms with Crippen molar-refractivity contribution in [3.63, 3.8) is 0 Å². The highest BCUT2D eigenvalue weighted by atomic mass is 32.2. The van der Waals surface area contributed by atoms with Gasteiger partial charge in [-0.1, -0.05) is 6.42 Å². The lowest BCUT2D eigenvalue weighted by Gasteiger charge is -2.11. The highest BCUT2D eigenvalue weighted by Gasteiger charge is 2.08. The number of carboxylic acid groups (broad SMARTS) is 1. The highest BCUT2D eigenvalue weighted by molar-refractivity contribution is 7.85. The van der Waals surface area contributed by atoms with E-state index >= 15 is 0 Å². The average Bonchev–Trinajstić information content (AvgIpc) is 2.61. The van der Waals surface area contributed by atoms with Gasteiger partial charge in [0.2, 0.25) is 17.8 Å². The Balaban J connectivity index is 2.57.